The zero-order valence-corrected chi connectivity index (χ0v) is 29.2. The number of aryl methyl sites for hydroxylation is 2. The molecule has 1 heterocycles. The SMILES string of the molecule is COc1ccc(N/C(=N\S(=O)(=O)c2ccc(C)cc2)N(c2ccc(OC)cc2)c2nc(-c3ccc(C)cc3)c(Br)c3ccccc23)cc1. The van der Waals surface area contributed by atoms with Crippen LogP contribution in [0.2, 0.25) is 0 Å². The van der Waals surface area contributed by atoms with Gasteiger partial charge in [0.2, 0.25) is 5.96 Å². The fraction of sp³-hybridized carbons (Fsp3) is 0.105. The largest absolute Gasteiger partial charge is 0.497 e. The Morgan fingerprint density at radius 3 is 1.85 bits per heavy atom. The van der Waals surface area contributed by atoms with Crippen LogP contribution in [-0.4, -0.2) is 33.6 Å². The summed E-state index contributed by atoms with van der Waals surface area (Å²) in [7, 11) is -1.03. The van der Waals surface area contributed by atoms with Crippen LogP contribution in [0.5, 0.6) is 11.5 Å². The van der Waals surface area contributed by atoms with E-state index in [4.69, 9.17) is 14.5 Å². The third-order valence-corrected chi connectivity index (χ3v) is 9.86. The van der Waals surface area contributed by atoms with Crippen molar-refractivity contribution in [2.24, 2.45) is 4.40 Å². The van der Waals surface area contributed by atoms with Crippen molar-refractivity contribution in [3.8, 4) is 22.8 Å². The van der Waals surface area contributed by atoms with Crippen LogP contribution in [0.3, 0.4) is 0 Å². The number of nitrogens with one attached hydrogen (secondary N) is 1. The van der Waals surface area contributed by atoms with Gasteiger partial charge in [-0.1, -0.05) is 71.8 Å². The van der Waals surface area contributed by atoms with Gasteiger partial charge in [0.05, 0.1) is 35.0 Å². The molecule has 0 aliphatic carbocycles. The molecule has 8 nitrogen and oxygen atoms in total. The number of guanidine groups is 1. The van der Waals surface area contributed by atoms with Crippen molar-refractivity contribution in [3.63, 3.8) is 0 Å². The standard InChI is InChI=1S/C38H33BrN4O4S/c1-25-9-13-27(14-10-25)36-35(39)33-7-5-6-8-34(33)37(41-36)43(29-17-21-31(47-4)22-18-29)38(40-28-15-19-30(46-3)20-16-28)42-48(44,45)32-23-11-26(2)12-24-32/h5-24H,1-4H3,(H,40,42). The fourth-order valence-corrected chi connectivity index (χ4v) is 6.77. The maximum Gasteiger partial charge on any atom is 0.285 e. The summed E-state index contributed by atoms with van der Waals surface area (Å²) in [6.07, 6.45) is 0. The zero-order valence-electron chi connectivity index (χ0n) is 26.8. The van der Waals surface area contributed by atoms with E-state index in [0.29, 0.717) is 34.4 Å². The predicted molar refractivity (Wildman–Crippen MR) is 197 cm³/mol. The Labute approximate surface area is 288 Å². The van der Waals surface area contributed by atoms with Crippen LogP contribution in [0, 0.1) is 13.8 Å². The number of hydrogen-bond donors (Lipinski definition) is 1. The minimum atomic E-state index is -4.21. The quantitative estimate of drug-likeness (QED) is 0.124. The average Bonchev–Trinajstić information content (AvgIpc) is 3.10. The number of sulfonamides is 1. The van der Waals surface area contributed by atoms with Gasteiger partial charge in [-0.2, -0.15) is 8.42 Å². The summed E-state index contributed by atoms with van der Waals surface area (Å²) >= 11 is 3.83. The first-order valence-corrected chi connectivity index (χ1v) is 17.3. The number of anilines is 3. The smallest absolute Gasteiger partial charge is 0.285 e. The Morgan fingerprint density at radius 1 is 0.729 bits per heavy atom. The lowest BCUT2D eigenvalue weighted by Crippen LogP contribution is -2.34. The Morgan fingerprint density at radius 2 is 1.27 bits per heavy atom. The van der Waals surface area contributed by atoms with E-state index in [1.807, 2.05) is 86.6 Å². The summed E-state index contributed by atoms with van der Waals surface area (Å²) in [5.74, 6) is 1.78. The highest BCUT2D eigenvalue weighted by Gasteiger charge is 2.27. The number of rotatable bonds is 8. The van der Waals surface area contributed by atoms with Gasteiger partial charge in [-0.25, -0.2) is 4.98 Å². The Kier molecular flexibility index (Phi) is 9.47. The number of aromatic nitrogens is 1. The van der Waals surface area contributed by atoms with Crippen molar-refractivity contribution in [1.29, 1.82) is 0 Å². The van der Waals surface area contributed by atoms with Crippen molar-refractivity contribution in [3.05, 3.63) is 137 Å². The van der Waals surface area contributed by atoms with Gasteiger partial charge in [-0.15, -0.1) is 4.40 Å². The first-order chi connectivity index (χ1) is 23.2. The van der Waals surface area contributed by atoms with Crippen LogP contribution in [0.25, 0.3) is 22.0 Å². The zero-order chi connectivity index (χ0) is 33.8. The first kappa shape index (κ1) is 32.7. The monoisotopic (exact) mass is 720 g/mol. The molecule has 0 saturated carbocycles. The molecule has 0 amide bonds. The summed E-state index contributed by atoms with van der Waals surface area (Å²) in [5.41, 5.74) is 4.82. The van der Waals surface area contributed by atoms with E-state index < -0.39 is 10.0 Å². The van der Waals surface area contributed by atoms with E-state index in [9.17, 15) is 8.42 Å². The van der Waals surface area contributed by atoms with Gasteiger partial charge in [-0.3, -0.25) is 4.90 Å². The van der Waals surface area contributed by atoms with Crippen LogP contribution in [0.15, 0.2) is 135 Å². The third-order valence-electron chi connectivity index (χ3n) is 7.78. The van der Waals surface area contributed by atoms with Crippen molar-refractivity contribution >= 4 is 59.9 Å². The van der Waals surface area contributed by atoms with Crippen LogP contribution in [0.1, 0.15) is 11.1 Å². The highest BCUT2D eigenvalue weighted by Crippen LogP contribution is 2.40. The maximum atomic E-state index is 14.0. The minimum Gasteiger partial charge on any atom is -0.497 e. The van der Waals surface area contributed by atoms with Crippen molar-refractivity contribution in [2.45, 2.75) is 18.7 Å². The second-order valence-electron chi connectivity index (χ2n) is 11.1. The second-order valence-corrected chi connectivity index (χ2v) is 13.5. The van der Waals surface area contributed by atoms with Gasteiger partial charge < -0.3 is 14.8 Å². The molecule has 6 rings (SSSR count). The van der Waals surface area contributed by atoms with Crippen LogP contribution in [0.4, 0.5) is 17.2 Å². The second kappa shape index (κ2) is 13.9. The molecule has 1 N–H and O–H groups in total. The molecular weight excluding hydrogens is 688 g/mol. The van der Waals surface area contributed by atoms with E-state index in [1.54, 1.807) is 67.7 Å². The van der Waals surface area contributed by atoms with E-state index in [2.05, 4.69) is 25.6 Å². The Hall–Kier alpha value is -5.19. The number of pyridine rings is 1. The molecule has 0 unspecified atom stereocenters. The summed E-state index contributed by atoms with van der Waals surface area (Å²) in [6.45, 7) is 3.93. The lowest BCUT2D eigenvalue weighted by atomic mass is 10.0. The summed E-state index contributed by atoms with van der Waals surface area (Å²) < 4.78 is 44.2. The molecule has 0 saturated heterocycles. The molecule has 242 valence electrons. The Balaban J connectivity index is 1.66. The lowest BCUT2D eigenvalue weighted by molar-refractivity contribution is 0.415. The number of benzene rings is 5. The molecule has 10 heteroatoms. The molecule has 48 heavy (non-hydrogen) atoms. The normalized spacial score (nSPS) is 11.7. The molecule has 0 fully saturated rings. The van der Waals surface area contributed by atoms with Gasteiger partial charge in [0.25, 0.3) is 10.0 Å². The van der Waals surface area contributed by atoms with Crippen molar-refractivity contribution in [1.82, 2.24) is 4.98 Å². The molecule has 5 aromatic carbocycles. The third kappa shape index (κ3) is 6.90. The van der Waals surface area contributed by atoms with Crippen molar-refractivity contribution < 1.29 is 17.9 Å². The molecule has 0 spiro atoms. The van der Waals surface area contributed by atoms with E-state index in [0.717, 1.165) is 31.9 Å². The van der Waals surface area contributed by atoms with Crippen LogP contribution < -0.4 is 19.7 Å². The van der Waals surface area contributed by atoms with Crippen molar-refractivity contribution in [2.75, 3.05) is 24.4 Å². The van der Waals surface area contributed by atoms with Gasteiger partial charge in [0.1, 0.15) is 17.3 Å². The van der Waals surface area contributed by atoms with Gasteiger partial charge in [0, 0.05) is 22.0 Å². The maximum absolute atomic E-state index is 14.0. The Bertz CT molecular complexity index is 2200. The molecule has 0 aliphatic rings. The number of hydrogen-bond acceptors (Lipinski definition) is 5. The molecule has 1 aromatic heterocycles. The number of fused-ring (bicyclic) bond motifs is 1. The number of methoxy groups -OCH3 is 2. The molecule has 0 bridgehead atoms. The topological polar surface area (TPSA) is 93.1 Å². The van der Waals surface area contributed by atoms with Crippen LogP contribution in [-0.2, 0) is 10.0 Å². The molecule has 0 atom stereocenters. The molecule has 0 radical (unpaired) electrons. The van der Waals surface area contributed by atoms with Gasteiger partial charge >= 0.3 is 0 Å². The summed E-state index contributed by atoms with van der Waals surface area (Å²) in [6, 6.07) is 37.0. The summed E-state index contributed by atoms with van der Waals surface area (Å²) in [4.78, 5) is 7.02. The van der Waals surface area contributed by atoms with Crippen LogP contribution >= 0.6 is 15.9 Å². The van der Waals surface area contributed by atoms with Gasteiger partial charge in [0.15, 0.2) is 0 Å². The molecule has 0 aliphatic heterocycles. The first-order valence-electron chi connectivity index (χ1n) is 15.1. The number of ether oxygens (including phenoxy) is 2. The lowest BCUT2D eigenvalue weighted by Gasteiger charge is -2.28. The van der Waals surface area contributed by atoms with Gasteiger partial charge in [-0.05, 0) is 90.4 Å². The number of nitrogens with zero attached hydrogens (tertiary/aromatic N) is 3. The van der Waals surface area contributed by atoms with E-state index in [-0.39, 0.29) is 10.9 Å². The minimum absolute atomic E-state index is 0.0146. The predicted octanol–water partition coefficient (Wildman–Crippen LogP) is 9.29. The average molecular weight is 722 g/mol. The van der Waals surface area contributed by atoms with E-state index in [1.165, 1.54) is 0 Å². The number of halogens is 1. The molecule has 6 aromatic rings. The summed E-state index contributed by atoms with van der Waals surface area (Å²) in [5, 5.41) is 4.96. The van der Waals surface area contributed by atoms with E-state index >= 15 is 0 Å². The fourth-order valence-electron chi connectivity index (χ4n) is 5.16. The highest BCUT2D eigenvalue weighted by molar-refractivity contribution is 9.10. The highest BCUT2D eigenvalue weighted by atomic mass is 79.9. The molecular formula is C38H33BrN4O4S.